The van der Waals surface area contributed by atoms with Crippen molar-refractivity contribution in [3.8, 4) is 5.75 Å². The molecule has 1 aromatic heterocycles. The summed E-state index contributed by atoms with van der Waals surface area (Å²) in [5.74, 6) is 0.772. The number of halogens is 1. The number of rotatable bonds is 3. The standard InChI is InChI=1S/C13H12ClNO/c1-10-5-11(8-15-7-10)9-16-13-4-2-3-12(14)6-13/h2-8H,9H2,1H3. The lowest BCUT2D eigenvalue weighted by atomic mass is 10.2. The van der Waals surface area contributed by atoms with E-state index in [1.165, 1.54) is 0 Å². The number of benzene rings is 1. The zero-order chi connectivity index (χ0) is 11.4. The van der Waals surface area contributed by atoms with E-state index in [9.17, 15) is 0 Å². The number of hydrogen-bond acceptors (Lipinski definition) is 2. The summed E-state index contributed by atoms with van der Waals surface area (Å²) in [5, 5.41) is 0.680. The molecule has 0 saturated carbocycles. The van der Waals surface area contributed by atoms with Crippen molar-refractivity contribution < 1.29 is 4.74 Å². The van der Waals surface area contributed by atoms with E-state index in [-0.39, 0.29) is 0 Å². The molecule has 0 bridgehead atoms. The van der Waals surface area contributed by atoms with Gasteiger partial charge in [-0.1, -0.05) is 17.7 Å². The van der Waals surface area contributed by atoms with Crippen LogP contribution in [0.1, 0.15) is 11.1 Å². The molecule has 0 atom stereocenters. The molecule has 82 valence electrons. The Hall–Kier alpha value is -1.54. The van der Waals surface area contributed by atoms with Crippen molar-refractivity contribution in [2.45, 2.75) is 13.5 Å². The number of aryl methyl sites for hydroxylation is 1. The fraction of sp³-hybridized carbons (Fsp3) is 0.154. The molecule has 16 heavy (non-hydrogen) atoms. The first-order valence-electron chi connectivity index (χ1n) is 5.03. The van der Waals surface area contributed by atoms with Crippen LogP contribution in [-0.4, -0.2) is 4.98 Å². The Morgan fingerprint density at radius 1 is 1.25 bits per heavy atom. The SMILES string of the molecule is Cc1cncc(COc2cccc(Cl)c2)c1. The summed E-state index contributed by atoms with van der Waals surface area (Å²) in [5.41, 5.74) is 2.19. The Balaban J connectivity index is 2.02. The second-order valence-corrected chi connectivity index (χ2v) is 4.05. The van der Waals surface area contributed by atoms with Crippen molar-refractivity contribution in [3.63, 3.8) is 0 Å². The van der Waals surface area contributed by atoms with E-state index >= 15 is 0 Å². The Kier molecular flexibility index (Phi) is 3.42. The van der Waals surface area contributed by atoms with Gasteiger partial charge in [0.25, 0.3) is 0 Å². The summed E-state index contributed by atoms with van der Waals surface area (Å²) >= 11 is 5.86. The fourth-order valence-electron chi connectivity index (χ4n) is 1.42. The van der Waals surface area contributed by atoms with Crippen molar-refractivity contribution in [2.24, 2.45) is 0 Å². The molecule has 2 rings (SSSR count). The Morgan fingerprint density at radius 3 is 2.88 bits per heavy atom. The summed E-state index contributed by atoms with van der Waals surface area (Å²) in [7, 11) is 0. The van der Waals surface area contributed by atoms with Crippen molar-refractivity contribution in [3.05, 3.63) is 58.9 Å². The number of hydrogen-bond donors (Lipinski definition) is 0. The van der Waals surface area contributed by atoms with Crippen LogP contribution in [0.4, 0.5) is 0 Å². The monoisotopic (exact) mass is 233 g/mol. The molecule has 0 fully saturated rings. The van der Waals surface area contributed by atoms with Crippen LogP contribution < -0.4 is 4.74 Å². The maximum Gasteiger partial charge on any atom is 0.121 e. The highest BCUT2D eigenvalue weighted by molar-refractivity contribution is 6.30. The van der Waals surface area contributed by atoms with Gasteiger partial charge in [0.05, 0.1) is 0 Å². The zero-order valence-electron chi connectivity index (χ0n) is 8.98. The lowest BCUT2D eigenvalue weighted by Crippen LogP contribution is -1.96. The van der Waals surface area contributed by atoms with E-state index in [0.717, 1.165) is 16.9 Å². The summed E-state index contributed by atoms with van der Waals surface area (Å²) in [6.45, 7) is 2.52. The molecular formula is C13H12ClNO. The van der Waals surface area contributed by atoms with Gasteiger partial charge in [0.2, 0.25) is 0 Å². The highest BCUT2D eigenvalue weighted by Gasteiger charge is 1.97. The number of ether oxygens (including phenoxy) is 1. The van der Waals surface area contributed by atoms with E-state index < -0.39 is 0 Å². The van der Waals surface area contributed by atoms with Crippen LogP contribution in [0.25, 0.3) is 0 Å². The minimum absolute atomic E-state index is 0.509. The normalized spacial score (nSPS) is 10.1. The highest BCUT2D eigenvalue weighted by Crippen LogP contribution is 2.18. The first kappa shape index (κ1) is 11.0. The van der Waals surface area contributed by atoms with Gasteiger partial charge in [-0.15, -0.1) is 0 Å². The van der Waals surface area contributed by atoms with Gasteiger partial charge in [0.1, 0.15) is 12.4 Å². The van der Waals surface area contributed by atoms with Crippen molar-refractivity contribution >= 4 is 11.6 Å². The molecule has 1 heterocycles. The van der Waals surface area contributed by atoms with Gasteiger partial charge in [0, 0.05) is 23.0 Å². The average Bonchev–Trinajstić information content (AvgIpc) is 2.27. The van der Waals surface area contributed by atoms with Gasteiger partial charge in [-0.2, -0.15) is 0 Å². The number of aromatic nitrogens is 1. The van der Waals surface area contributed by atoms with Crippen LogP contribution in [0.5, 0.6) is 5.75 Å². The highest BCUT2D eigenvalue weighted by atomic mass is 35.5. The molecule has 0 saturated heterocycles. The molecule has 0 N–H and O–H groups in total. The van der Waals surface area contributed by atoms with Crippen LogP contribution in [0.3, 0.4) is 0 Å². The topological polar surface area (TPSA) is 22.1 Å². The molecule has 0 aliphatic heterocycles. The third-order valence-corrected chi connectivity index (χ3v) is 2.37. The summed E-state index contributed by atoms with van der Waals surface area (Å²) in [6, 6.07) is 9.42. The first-order valence-corrected chi connectivity index (χ1v) is 5.41. The first-order chi connectivity index (χ1) is 7.74. The van der Waals surface area contributed by atoms with E-state index in [1.54, 1.807) is 12.3 Å². The lowest BCUT2D eigenvalue weighted by molar-refractivity contribution is 0.305. The molecule has 3 heteroatoms. The average molecular weight is 234 g/mol. The molecule has 0 unspecified atom stereocenters. The third-order valence-electron chi connectivity index (χ3n) is 2.13. The van der Waals surface area contributed by atoms with Crippen LogP contribution in [-0.2, 0) is 6.61 Å². The molecule has 1 aromatic carbocycles. The Morgan fingerprint density at radius 2 is 2.12 bits per heavy atom. The number of pyridine rings is 1. The smallest absolute Gasteiger partial charge is 0.121 e. The molecule has 0 aliphatic rings. The van der Waals surface area contributed by atoms with Crippen molar-refractivity contribution in [1.29, 1.82) is 0 Å². The van der Waals surface area contributed by atoms with Gasteiger partial charge < -0.3 is 4.74 Å². The predicted molar refractivity (Wildman–Crippen MR) is 64.8 cm³/mol. The maximum absolute atomic E-state index is 5.86. The van der Waals surface area contributed by atoms with Crippen LogP contribution >= 0.6 is 11.6 Å². The van der Waals surface area contributed by atoms with E-state index in [1.807, 2.05) is 31.3 Å². The molecule has 0 amide bonds. The molecule has 0 radical (unpaired) electrons. The van der Waals surface area contributed by atoms with Gasteiger partial charge in [-0.25, -0.2) is 0 Å². The molecule has 2 aromatic rings. The summed E-state index contributed by atoms with van der Waals surface area (Å²) in [6.07, 6.45) is 3.63. The second-order valence-electron chi connectivity index (χ2n) is 3.62. The maximum atomic E-state index is 5.86. The van der Waals surface area contributed by atoms with E-state index in [2.05, 4.69) is 11.1 Å². The lowest BCUT2D eigenvalue weighted by Gasteiger charge is -2.06. The van der Waals surface area contributed by atoms with E-state index in [0.29, 0.717) is 11.6 Å². The predicted octanol–water partition coefficient (Wildman–Crippen LogP) is 3.62. The molecular weight excluding hydrogens is 222 g/mol. The molecule has 0 aliphatic carbocycles. The minimum Gasteiger partial charge on any atom is -0.489 e. The third kappa shape index (κ3) is 2.97. The molecule has 0 spiro atoms. The van der Waals surface area contributed by atoms with Crippen LogP contribution in [0, 0.1) is 6.92 Å². The van der Waals surface area contributed by atoms with E-state index in [4.69, 9.17) is 16.3 Å². The second kappa shape index (κ2) is 4.99. The summed E-state index contributed by atoms with van der Waals surface area (Å²) in [4.78, 5) is 4.11. The number of nitrogens with zero attached hydrogens (tertiary/aromatic N) is 1. The van der Waals surface area contributed by atoms with Gasteiger partial charge in [-0.3, -0.25) is 4.98 Å². The quantitative estimate of drug-likeness (QED) is 0.808. The van der Waals surface area contributed by atoms with Crippen molar-refractivity contribution in [2.75, 3.05) is 0 Å². The Bertz CT molecular complexity index is 439. The zero-order valence-corrected chi connectivity index (χ0v) is 9.74. The van der Waals surface area contributed by atoms with Crippen molar-refractivity contribution in [1.82, 2.24) is 4.98 Å². The largest absolute Gasteiger partial charge is 0.489 e. The fourth-order valence-corrected chi connectivity index (χ4v) is 1.60. The van der Waals surface area contributed by atoms with Crippen LogP contribution in [0.15, 0.2) is 42.7 Å². The van der Waals surface area contributed by atoms with Gasteiger partial charge in [-0.05, 0) is 36.8 Å². The van der Waals surface area contributed by atoms with Crippen LogP contribution in [0.2, 0.25) is 5.02 Å². The molecule has 2 nitrogen and oxygen atoms in total. The minimum atomic E-state index is 0.509. The van der Waals surface area contributed by atoms with Gasteiger partial charge in [0.15, 0.2) is 0 Å². The summed E-state index contributed by atoms with van der Waals surface area (Å²) < 4.78 is 5.60. The van der Waals surface area contributed by atoms with Gasteiger partial charge >= 0.3 is 0 Å². The Labute approximate surface area is 99.9 Å².